The molecular formula is C15H20F2N2O3S. The summed E-state index contributed by atoms with van der Waals surface area (Å²) in [6.07, 6.45) is 0.808. The van der Waals surface area contributed by atoms with Crippen LogP contribution in [0.4, 0.5) is 8.78 Å². The predicted octanol–water partition coefficient (Wildman–Crippen LogP) is 1.89. The lowest BCUT2D eigenvalue weighted by molar-refractivity contribution is -0.126. The molecule has 0 bridgehead atoms. The number of amides is 1. The third-order valence-corrected chi connectivity index (χ3v) is 5.68. The highest BCUT2D eigenvalue weighted by atomic mass is 32.2. The van der Waals surface area contributed by atoms with E-state index < -0.39 is 21.7 Å². The van der Waals surface area contributed by atoms with Crippen LogP contribution in [0.3, 0.4) is 0 Å². The Balaban J connectivity index is 2.06. The van der Waals surface area contributed by atoms with E-state index in [9.17, 15) is 22.0 Å². The summed E-state index contributed by atoms with van der Waals surface area (Å²) >= 11 is 0. The van der Waals surface area contributed by atoms with E-state index in [0.717, 1.165) is 12.1 Å². The molecule has 8 heteroatoms. The first kappa shape index (κ1) is 17.8. The molecule has 0 aromatic heterocycles. The van der Waals surface area contributed by atoms with Gasteiger partial charge in [0.15, 0.2) is 11.6 Å². The number of hydrogen-bond donors (Lipinski definition) is 1. The average Bonchev–Trinajstić information content (AvgIpc) is 2.49. The zero-order chi connectivity index (χ0) is 17.2. The van der Waals surface area contributed by atoms with Gasteiger partial charge in [-0.3, -0.25) is 4.79 Å². The van der Waals surface area contributed by atoms with Crippen LogP contribution in [0.15, 0.2) is 23.1 Å². The van der Waals surface area contributed by atoms with Gasteiger partial charge in [-0.15, -0.1) is 0 Å². The molecule has 0 radical (unpaired) electrons. The number of piperidine rings is 1. The van der Waals surface area contributed by atoms with E-state index in [1.165, 1.54) is 4.31 Å². The maximum atomic E-state index is 13.3. The molecule has 0 aliphatic carbocycles. The maximum Gasteiger partial charge on any atom is 0.243 e. The molecule has 1 fully saturated rings. The van der Waals surface area contributed by atoms with Crippen LogP contribution in [0.5, 0.6) is 0 Å². The van der Waals surface area contributed by atoms with Gasteiger partial charge in [-0.2, -0.15) is 4.31 Å². The van der Waals surface area contributed by atoms with Gasteiger partial charge < -0.3 is 5.32 Å². The summed E-state index contributed by atoms with van der Waals surface area (Å²) in [7, 11) is -3.88. The van der Waals surface area contributed by atoms with Gasteiger partial charge in [0.2, 0.25) is 15.9 Å². The molecule has 5 nitrogen and oxygen atoms in total. The van der Waals surface area contributed by atoms with Crippen molar-refractivity contribution in [3.63, 3.8) is 0 Å². The topological polar surface area (TPSA) is 66.5 Å². The summed E-state index contributed by atoms with van der Waals surface area (Å²) in [5, 5.41) is 2.81. The van der Waals surface area contributed by atoms with Gasteiger partial charge >= 0.3 is 0 Å². The van der Waals surface area contributed by atoms with E-state index in [1.807, 2.05) is 13.8 Å². The molecule has 2 rings (SSSR count). The number of nitrogens with one attached hydrogen (secondary N) is 1. The SMILES string of the molecule is CC(C)NC(=O)C1CCN(S(=O)(=O)c2ccc(F)c(F)c2)CC1. The molecule has 1 heterocycles. The molecule has 1 aliphatic heterocycles. The van der Waals surface area contributed by atoms with Crippen molar-refractivity contribution in [2.75, 3.05) is 13.1 Å². The second-order valence-corrected chi connectivity index (χ2v) is 7.86. The maximum absolute atomic E-state index is 13.3. The van der Waals surface area contributed by atoms with E-state index >= 15 is 0 Å². The normalized spacial score (nSPS) is 17.4. The molecule has 1 N–H and O–H groups in total. The smallest absolute Gasteiger partial charge is 0.243 e. The van der Waals surface area contributed by atoms with Gasteiger partial charge in [0.05, 0.1) is 4.90 Å². The van der Waals surface area contributed by atoms with Crippen LogP contribution in [0.1, 0.15) is 26.7 Å². The Morgan fingerprint density at radius 1 is 1.22 bits per heavy atom. The largest absolute Gasteiger partial charge is 0.354 e. The number of nitrogens with zero attached hydrogens (tertiary/aromatic N) is 1. The first-order valence-electron chi connectivity index (χ1n) is 7.47. The van der Waals surface area contributed by atoms with Crippen LogP contribution in [-0.4, -0.2) is 37.8 Å². The van der Waals surface area contributed by atoms with Gasteiger partial charge in [-0.25, -0.2) is 17.2 Å². The van der Waals surface area contributed by atoms with Crippen LogP contribution in [0.2, 0.25) is 0 Å². The fraction of sp³-hybridized carbons (Fsp3) is 0.533. The third kappa shape index (κ3) is 4.06. The summed E-state index contributed by atoms with van der Waals surface area (Å²) in [5.74, 6) is -2.59. The molecule has 128 valence electrons. The summed E-state index contributed by atoms with van der Waals surface area (Å²) in [6.45, 7) is 4.08. The van der Waals surface area contributed by atoms with Crippen LogP contribution in [0, 0.1) is 17.6 Å². The van der Waals surface area contributed by atoms with Gasteiger partial charge in [0.25, 0.3) is 0 Å². The Morgan fingerprint density at radius 3 is 2.35 bits per heavy atom. The minimum atomic E-state index is -3.88. The lowest BCUT2D eigenvalue weighted by atomic mass is 9.97. The van der Waals surface area contributed by atoms with E-state index in [0.29, 0.717) is 18.9 Å². The summed E-state index contributed by atoms with van der Waals surface area (Å²) < 4.78 is 52.3. The van der Waals surface area contributed by atoms with Crippen LogP contribution in [0.25, 0.3) is 0 Å². The molecule has 1 aliphatic rings. The van der Waals surface area contributed by atoms with Gasteiger partial charge in [0.1, 0.15) is 0 Å². The highest BCUT2D eigenvalue weighted by molar-refractivity contribution is 7.89. The number of carbonyl (C=O) groups is 1. The third-order valence-electron chi connectivity index (χ3n) is 3.78. The fourth-order valence-electron chi connectivity index (χ4n) is 2.55. The van der Waals surface area contributed by atoms with Crippen molar-refractivity contribution in [2.45, 2.75) is 37.6 Å². The monoisotopic (exact) mass is 346 g/mol. The van der Waals surface area contributed by atoms with E-state index in [1.54, 1.807) is 0 Å². The van der Waals surface area contributed by atoms with Crippen molar-refractivity contribution in [3.8, 4) is 0 Å². The number of hydrogen-bond acceptors (Lipinski definition) is 3. The first-order chi connectivity index (χ1) is 10.7. The minimum Gasteiger partial charge on any atom is -0.354 e. The summed E-state index contributed by atoms with van der Waals surface area (Å²) in [5.41, 5.74) is 0. The molecular weight excluding hydrogens is 326 g/mol. The van der Waals surface area contributed by atoms with E-state index in [2.05, 4.69) is 5.32 Å². The Labute approximate surface area is 134 Å². The van der Waals surface area contributed by atoms with Crippen molar-refractivity contribution >= 4 is 15.9 Å². The lowest BCUT2D eigenvalue weighted by Gasteiger charge is -2.31. The van der Waals surface area contributed by atoms with E-state index in [-0.39, 0.29) is 35.9 Å². The second-order valence-electron chi connectivity index (χ2n) is 5.92. The van der Waals surface area contributed by atoms with Crippen LogP contribution >= 0.6 is 0 Å². The molecule has 1 aromatic carbocycles. The zero-order valence-corrected chi connectivity index (χ0v) is 13.9. The number of sulfonamides is 1. The van der Waals surface area contributed by atoms with Crippen LogP contribution < -0.4 is 5.32 Å². The quantitative estimate of drug-likeness (QED) is 0.905. The Bertz CT molecular complexity index is 684. The Kier molecular flexibility index (Phi) is 5.36. The minimum absolute atomic E-state index is 0.0338. The molecule has 0 saturated carbocycles. The Morgan fingerprint density at radius 2 is 1.83 bits per heavy atom. The van der Waals surface area contributed by atoms with Crippen molar-refractivity contribution in [3.05, 3.63) is 29.8 Å². The van der Waals surface area contributed by atoms with Gasteiger partial charge in [0, 0.05) is 25.0 Å². The number of benzene rings is 1. The van der Waals surface area contributed by atoms with Crippen LogP contribution in [-0.2, 0) is 14.8 Å². The van der Waals surface area contributed by atoms with Crippen molar-refractivity contribution in [2.24, 2.45) is 5.92 Å². The Hall–Kier alpha value is -1.54. The van der Waals surface area contributed by atoms with Gasteiger partial charge in [-0.1, -0.05) is 0 Å². The number of rotatable bonds is 4. The number of halogens is 2. The second kappa shape index (κ2) is 6.92. The number of carbonyl (C=O) groups excluding carboxylic acids is 1. The molecule has 1 saturated heterocycles. The highest BCUT2D eigenvalue weighted by Gasteiger charge is 2.32. The van der Waals surface area contributed by atoms with E-state index in [4.69, 9.17) is 0 Å². The lowest BCUT2D eigenvalue weighted by Crippen LogP contribution is -2.44. The molecule has 0 atom stereocenters. The first-order valence-corrected chi connectivity index (χ1v) is 8.91. The predicted molar refractivity (Wildman–Crippen MR) is 81.1 cm³/mol. The molecule has 0 unspecified atom stereocenters. The summed E-state index contributed by atoms with van der Waals surface area (Å²) in [4.78, 5) is 11.7. The molecule has 1 amide bonds. The molecule has 1 aromatic rings. The van der Waals surface area contributed by atoms with Crippen molar-refractivity contribution in [1.29, 1.82) is 0 Å². The zero-order valence-electron chi connectivity index (χ0n) is 13.1. The summed E-state index contributed by atoms with van der Waals surface area (Å²) in [6, 6.07) is 2.56. The van der Waals surface area contributed by atoms with Gasteiger partial charge in [-0.05, 0) is 44.9 Å². The molecule has 0 spiro atoms. The highest BCUT2D eigenvalue weighted by Crippen LogP contribution is 2.25. The fourth-order valence-corrected chi connectivity index (χ4v) is 4.03. The van der Waals surface area contributed by atoms with Crippen molar-refractivity contribution in [1.82, 2.24) is 9.62 Å². The molecule has 23 heavy (non-hydrogen) atoms. The standard InChI is InChI=1S/C15H20F2N2O3S/c1-10(2)18-15(20)11-5-7-19(8-6-11)23(21,22)12-3-4-13(16)14(17)9-12/h3-4,9-11H,5-8H2,1-2H3,(H,18,20). The van der Waals surface area contributed by atoms with Crippen molar-refractivity contribution < 1.29 is 22.0 Å². The average molecular weight is 346 g/mol.